The van der Waals surface area contributed by atoms with Crippen LogP contribution in [-0.2, 0) is 16.0 Å². The number of ether oxygens (including phenoxy) is 1. The largest absolute Gasteiger partial charge is 0.481 e. The van der Waals surface area contributed by atoms with E-state index in [0.29, 0.717) is 24.8 Å². The zero-order valence-corrected chi connectivity index (χ0v) is 11.5. The lowest BCUT2D eigenvalue weighted by Crippen LogP contribution is -2.40. The third kappa shape index (κ3) is 2.29. The lowest BCUT2D eigenvalue weighted by atomic mass is 9.70. The monoisotopic (exact) mass is 291 g/mol. The number of rotatable bonds is 5. The maximum atomic E-state index is 11.7. The van der Waals surface area contributed by atoms with Crippen molar-refractivity contribution >= 4 is 11.7 Å². The average molecular weight is 291 g/mol. The Hall–Kier alpha value is -1.95. The predicted molar refractivity (Wildman–Crippen MR) is 74.0 cm³/mol. The lowest BCUT2D eigenvalue weighted by Gasteiger charge is -2.30. The number of hydrogen-bond acceptors (Lipinski definition) is 4. The van der Waals surface area contributed by atoms with Gasteiger partial charge in [0.05, 0.1) is 22.5 Å². The molecule has 3 unspecified atom stereocenters. The zero-order chi connectivity index (χ0) is 15.0. The second kappa shape index (κ2) is 5.11. The molecule has 6 heteroatoms. The molecule has 2 aliphatic rings. The van der Waals surface area contributed by atoms with Gasteiger partial charge in [-0.15, -0.1) is 0 Å². The summed E-state index contributed by atoms with van der Waals surface area (Å²) in [6, 6.07) is 6.52. The maximum absolute atomic E-state index is 11.7. The van der Waals surface area contributed by atoms with Crippen molar-refractivity contribution < 1.29 is 19.6 Å². The Morgan fingerprint density at radius 3 is 2.76 bits per heavy atom. The van der Waals surface area contributed by atoms with Gasteiger partial charge in [-0.2, -0.15) is 0 Å². The summed E-state index contributed by atoms with van der Waals surface area (Å²) < 4.78 is 5.70. The van der Waals surface area contributed by atoms with Crippen molar-refractivity contribution in [3.8, 4) is 0 Å². The number of nitro groups is 1. The van der Waals surface area contributed by atoms with Crippen LogP contribution < -0.4 is 0 Å². The molecule has 21 heavy (non-hydrogen) atoms. The Morgan fingerprint density at radius 2 is 2.19 bits per heavy atom. The predicted octanol–water partition coefficient (Wildman–Crippen LogP) is 2.55. The van der Waals surface area contributed by atoms with E-state index in [1.807, 2.05) is 0 Å². The van der Waals surface area contributed by atoms with Crippen molar-refractivity contribution in [2.24, 2.45) is 5.41 Å². The SMILES string of the molecule is O=C(O)C1(CCc2ccccc2[N+](=O)[O-])CC2CCC1O2. The molecule has 2 bridgehead atoms. The molecular weight excluding hydrogens is 274 g/mol. The number of para-hydroxylation sites is 1. The lowest BCUT2D eigenvalue weighted by molar-refractivity contribution is -0.385. The van der Waals surface area contributed by atoms with Gasteiger partial charge in [-0.05, 0) is 32.1 Å². The Kier molecular flexibility index (Phi) is 3.41. The average Bonchev–Trinajstić information content (AvgIpc) is 3.06. The Morgan fingerprint density at radius 1 is 1.43 bits per heavy atom. The second-order valence-corrected chi connectivity index (χ2v) is 5.88. The number of aryl methyl sites for hydroxylation is 1. The first kappa shape index (κ1) is 14.0. The number of benzene rings is 1. The van der Waals surface area contributed by atoms with Gasteiger partial charge in [0, 0.05) is 11.6 Å². The smallest absolute Gasteiger partial charge is 0.312 e. The summed E-state index contributed by atoms with van der Waals surface area (Å²) in [5, 5.41) is 20.7. The zero-order valence-electron chi connectivity index (χ0n) is 11.5. The van der Waals surface area contributed by atoms with Crippen LogP contribution in [0.5, 0.6) is 0 Å². The molecule has 2 heterocycles. The van der Waals surface area contributed by atoms with Gasteiger partial charge in [-0.1, -0.05) is 18.2 Å². The van der Waals surface area contributed by atoms with E-state index in [1.165, 1.54) is 6.07 Å². The highest BCUT2D eigenvalue weighted by atomic mass is 16.6. The molecule has 0 spiro atoms. The first-order chi connectivity index (χ1) is 10.0. The number of aliphatic carboxylic acids is 1. The van der Waals surface area contributed by atoms with Gasteiger partial charge in [0.25, 0.3) is 5.69 Å². The molecule has 1 N–H and O–H groups in total. The van der Waals surface area contributed by atoms with E-state index in [-0.39, 0.29) is 17.9 Å². The standard InChI is InChI=1S/C15H17NO5/c17-14(18)15(9-11-5-6-13(15)21-11)8-7-10-3-1-2-4-12(10)16(19)20/h1-4,11,13H,5-9H2,(H,17,18). The minimum absolute atomic E-state index is 0.0388. The minimum Gasteiger partial charge on any atom is -0.481 e. The molecule has 0 saturated carbocycles. The van der Waals surface area contributed by atoms with Crippen LogP contribution >= 0.6 is 0 Å². The highest BCUT2D eigenvalue weighted by molar-refractivity contribution is 5.76. The topological polar surface area (TPSA) is 89.7 Å². The number of hydrogen-bond donors (Lipinski definition) is 1. The van der Waals surface area contributed by atoms with Gasteiger partial charge in [-0.25, -0.2) is 0 Å². The van der Waals surface area contributed by atoms with Gasteiger partial charge in [0.15, 0.2) is 0 Å². The van der Waals surface area contributed by atoms with Gasteiger partial charge >= 0.3 is 5.97 Å². The summed E-state index contributed by atoms with van der Waals surface area (Å²) in [7, 11) is 0. The number of carboxylic acids is 1. The number of carboxylic acid groups (broad SMARTS) is 1. The van der Waals surface area contributed by atoms with Gasteiger partial charge in [0.2, 0.25) is 0 Å². The maximum Gasteiger partial charge on any atom is 0.312 e. The molecule has 2 aliphatic heterocycles. The normalized spacial score (nSPS) is 30.5. The molecule has 0 aromatic heterocycles. The number of carbonyl (C=O) groups is 1. The van der Waals surface area contributed by atoms with E-state index >= 15 is 0 Å². The first-order valence-corrected chi connectivity index (χ1v) is 7.14. The van der Waals surface area contributed by atoms with E-state index in [2.05, 4.69) is 0 Å². The van der Waals surface area contributed by atoms with E-state index in [4.69, 9.17) is 4.74 Å². The van der Waals surface area contributed by atoms with Crippen molar-refractivity contribution in [1.29, 1.82) is 0 Å². The van der Waals surface area contributed by atoms with Crippen LogP contribution in [0.4, 0.5) is 5.69 Å². The van der Waals surface area contributed by atoms with Crippen molar-refractivity contribution in [3.05, 3.63) is 39.9 Å². The Balaban J connectivity index is 1.80. The van der Waals surface area contributed by atoms with E-state index in [0.717, 1.165) is 12.8 Å². The van der Waals surface area contributed by atoms with E-state index < -0.39 is 16.3 Å². The van der Waals surface area contributed by atoms with Crippen molar-refractivity contribution in [1.82, 2.24) is 0 Å². The molecule has 2 saturated heterocycles. The molecule has 0 aliphatic carbocycles. The molecule has 112 valence electrons. The molecule has 3 atom stereocenters. The first-order valence-electron chi connectivity index (χ1n) is 7.14. The molecule has 1 aromatic carbocycles. The van der Waals surface area contributed by atoms with Crippen LogP contribution in [0.2, 0.25) is 0 Å². The summed E-state index contributed by atoms with van der Waals surface area (Å²) in [6.45, 7) is 0. The fraction of sp³-hybridized carbons (Fsp3) is 0.533. The van der Waals surface area contributed by atoms with Crippen molar-refractivity contribution in [2.45, 2.75) is 44.3 Å². The van der Waals surface area contributed by atoms with Crippen molar-refractivity contribution in [2.75, 3.05) is 0 Å². The van der Waals surface area contributed by atoms with Gasteiger partial charge in [-0.3, -0.25) is 14.9 Å². The van der Waals surface area contributed by atoms with Crippen LogP contribution in [0.25, 0.3) is 0 Å². The molecular formula is C15H17NO5. The van der Waals surface area contributed by atoms with Crippen LogP contribution in [0.15, 0.2) is 24.3 Å². The molecule has 3 rings (SSSR count). The summed E-state index contributed by atoms with van der Waals surface area (Å²) in [4.78, 5) is 22.3. The number of nitrogens with zero attached hydrogens (tertiary/aromatic N) is 1. The summed E-state index contributed by atoms with van der Waals surface area (Å²) >= 11 is 0. The van der Waals surface area contributed by atoms with Gasteiger partial charge in [0.1, 0.15) is 0 Å². The number of nitro benzene ring substituents is 1. The quantitative estimate of drug-likeness (QED) is 0.665. The van der Waals surface area contributed by atoms with Crippen LogP contribution in [0.1, 0.15) is 31.2 Å². The fourth-order valence-electron chi connectivity index (χ4n) is 3.65. The third-order valence-electron chi connectivity index (χ3n) is 4.77. The van der Waals surface area contributed by atoms with Gasteiger partial charge < -0.3 is 9.84 Å². The Labute approximate surface area is 121 Å². The van der Waals surface area contributed by atoms with Crippen LogP contribution in [-0.4, -0.2) is 28.2 Å². The molecule has 1 aromatic rings. The van der Waals surface area contributed by atoms with Crippen molar-refractivity contribution in [3.63, 3.8) is 0 Å². The fourth-order valence-corrected chi connectivity index (χ4v) is 3.65. The highest BCUT2D eigenvalue weighted by Crippen LogP contribution is 2.50. The third-order valence-corrected chi connectivity index (χ3v) is 4.77. The summed E-state index contributed by atoms with van der Waals surface area (Å²) in [5.74, 6) is -0.840. The van der Waals surface area contributed by atoms with Crippen LogP contribution in [0.3, 0.4) is 0 Å². The van der Waals surface area contributed by atoms with E-state index in [9.17, 15) is 20.0 Å². The second-order valence-electron chi connectivity index (χ2n) is 5.88. The summed E-state index contributed by atoms with van der Waals surface area (Å²) in [5.41, 5.74) is -0.236. The van der Waals surface area contributed by atoms with E-state index in [1.54, 1.807) is 18.2 Å². The molecule has 2 fully saturated rings. The molecule has 6 nitrogen and oxygen atoms in total. The Bertz CT molecular complexity index is 587. The highest BCUT2D eigenvalue weighted by Gasteiger charge is 2.56. The van der Waals surface area contributed by atoms with Crippen LogP contribution in [0, 0.1) is 15.5 Å². The number of fused-ring (bicyclic) bond motifs is 2. The summed E-state index contributed by atoms with van der Waals surface area (Å²) in [6.07, 6.45) is 2.77. The minimum atomic E-state index is -0.882. The molecule has 0 radical (unpaired) electrons. The molecule has 0 amide bonds.